The molecule has 1 unspecified atom stereocenters. The largest absolute Gasteiger partial charge is 0.417 e. The summed E-state index contributed by atoms with van der Waals surface area (Å²) in [6.07, 6.45) is -0.972. The number of piperidine rings is 1. The van der Waals surface area contributed by atoms with Gasteiger partial charge in [0.1, 0.15) is 5.82 Å². The highest BCUT2D eigenvalue weighted by Crippen LogP contribution is 2.42. The summed E-state index contributed by atoms with van der Waals surface area (Å²) in [5.41, 5.74) is -1.16. The van der Waals surface area contributed by atoms with Crippen molar-refractivity contribution >= 4 is 11.7 Å². The molecule has 2 aliphatic rings. The zero-order valence-corrected chi connectivity index (χ0v) is 13.9. The minimum absolute atomic E-state index is 0.174. The highest BCUT2D eigenvalue weighted by atomic mass is 19.4. The maximum atomic E-state index is 12.9. The zero-order chi connectivity index (χ0) is 17.5. The molecule has 0 aliphatic carbocycles. The number of rotatable bonds is 2. The standard InChI is InChI=1S/C17H22F3N3O/c1-12(2)23-8-3-6-16(15(23)24)7-9-22(11-16)14-5-4-13(10-21-14)17(18,19)20/h4-5,10,12H,3,6-9,11H2,1-2H3. The van der Waals surface area contributed by atoms with Gasteiger partial charge in [0.05, 0.1) is 11.0 Å². The number of carbonyl (C=O) groups is 1. The molecule has 2 fully saturated rings. The molecule has 2 saturated heterocycles. The fraction of sp³-hybridized carbons (Fsp3) is 0.647. The molecule has 1 aromatic rings. The van der Waals surface area contributed by atoms with Gasteiger partial charge in [-0.3, -0.25) is 4.79 Å². The van der Waals surface area contributed by atoms with Gasteiger partial charge >= 0.3 is 6.18 Å². The molecule has 0 bridgehead atoms. The third-order valence-corrected chi connectivity index (χ3v) is 5.15. The monoisotopic (exact) mass is 341 g/mol. The van der Waals surface area contributed by atoms with E-state index in [1.165, 1.54) is 6.07 Å². The first-order chi connectivity index (χ1) is 11.2. The average Bonchev–Trinajstić information content (AvgIpc) is 2.94. The van der Waals surface area contributed by atoms with Crippen LogP contribution in [0.25, 0.3) is 0 Å². The van der Waals surface area contributed by atoms with Gasteiger partial charge in [-0.1, -0.05) is 0 Å². The van der Waals surface area contributed by atoms with Crippen LogP contribution in [-0.4, -0.2) is 41.5 Å². The number of halogens is 3. The molecule has 4 nitrogen and oxygen atoms in total. The van der Waals surface area contributed by atoms with E-state index in [-0.39, 0.29) is 11.9 Å². The Hall–Kier alpha value is -1.79. The van der Waals surface area contributed by atoms with Crippen molar-refractivity contribution in [2.75, 3.05) is 24.5 Å². The van der Waals surface area contributed by atoms with Crippen LogP contribution in [0.5, 0.6) is 0 Å². The minimum Gasteiger partial charge on any atom is -0.356 e. The summed E-state index contributed by atoms with van der Waals surface area (Å²) >= 11 is 0. The zero-order valence-electron chi connectivity index (χ0n) is 13.9. The van der Waals surface area contributed by atoms with E-state index in [0.717, 1.165) is 38.1 Å². The number of aromatic nitrogens is 1. The Labute approximate surface area is 139 Å². The topological polar surface area (TPSA) is 36.4 Å². The first-order valence-electron chi connectivity index (χ1n) is 8.32. The number of hydrogen-bond acceptors (Lipinski definition) is 3. The number of hydrogen-bond donors (Lipinski definition) is 0. The molecule has 0 N–H and O–H groups in total. The summed E-state index contributed by atoms with van der Waals surface area (Å²) in [6.45, 7) is 6.00. The molecule has 3 rings (SSSR count). The Morgan fingerprint density at radius 2 is 1.96 bits per heavy atom. The van der Waals surface area contributed by atoms with Gasteiger partial charge in [0.25, 0.3) is 0 Å². The summed E-state index contributed by atoms with van der Waals surface area (Å²) in [7, 11) is 0. The summed E-state index contributed by atoms with van der Waals surface area (Å²) in [6, 6.07) is 2.62. The number of carbonyl (C=O) groups excluding carboxylic acids is 1. The molecule has 2 aliphatic heterocycles. The second-order valence-corrected chi connectivity index (χ2v) is 7.05. The van der Waals surface area contributed by atoms with Crippen LogP contribution in [0.2, 0.25) is 0 Å². The maximum absolute atomic E-state index is 12.9. The summed E-state index contributed by atoms with van der Waals surface area (Å²) in [5, 5.41) is 0. The van der Waals surface area contributed by atoms with Crippen molar-refractivity contribution in [2.24, 2.45) is 5.41 Å². The van der Waals surface area contributed by atoms with Gasteiger partial charge in [-0.25, -0.2) is 4.98 Å². The predicted molar refractivity (Wildman–Crippen MR) is 84.6 cm³/mol. The number of nitrogens with zero attached hydrogens (tertiary/aromatic N) is 3. The van der Waals surface area contributed by atoms with Crippen molar-refractivity contribution in [1.29, 1.82) is 0 Å². The fourth-order valence-electron chi connectivity index (χ4n) is 3.78. The van der Waals surface area contributed by atoms with E-state index in [0.29, 0.717) is 18.9 Å². The molecule has 0 saturated carbocycles. The van der Waals surface area contributed by atoms with Gasteiger partial charge in [-0.15, -0.1) is 0 Å². The number of likely N-dealkylation sites (tertiary alicyclic amines) is 1. The van der Waals surface area contributed by atoms with E-state index < -0.39 is 17.2 Å². The molecule has 0 radical (unpaired) electrons. The van der Waals surface area contributed by atoms with Gasteiger partial charge in [-0.05, 0) is 45.2 Å². The molecule has 1 spiro atoms. The summed E-state index contributed by atoms with van der Waals surface area (Å²) < 4.78 is 37.9. The lowest BCUT2D eigenvalue weighted by molar-refractivity contribution is -0.147. The molecule has 1 amide bonds. The van der Waals surface area contributed by atoms with E-state index in [2.05, 4.69) is 4.98 Å². The summed E-state index contributed by atoms with van der Waals surface area (Å²) in [4.78, 5) is 20.7. The highest BCUT2D eigenvalue weighted by Gasteiger charge is 2.49. The second kappa shape index (κ2) is 5.93. The van der Waals surface area contributed by atoms with Gasteiger partial charge in [-0.2, -0.15) is 13.2 Å². The van der Waals surface area contributed by atoms with Crippen LogP contribution in [0.15, 0.2) is 18.3 Å². The maximum Gasteiger partial charge on any atom is 0.417 e. The van der Waals surface area contributed by atoms with Crippen LogP contribution in [0.3, 0.4) is 0 Å². The lowest BCUT2D eigenvalue weighted by Crippen LogP contribution is -2.52. The van der Waals surface area contributed by atoms with Crippen LogP contribution < -0.4 is 4.90 Å². The van der Waals surface area contributed by atoms with E-state index in [1.54, 1.807) is 0 Å². The normalized spacial score (nSPS) is 25.2. The average molecular weight is 341 g/mol. The van der Waals surface area contributed by atoms with Crippen LogP contribution in [0, 0.1) is 5.41 Å². The van der Waals surface area contributed by atoms with E-state index >= 15 is 0 Å². The van der Waals surface area contributed by atoms with Crippen LogP contribution in [0.4, 0.5) is 19.0 Å². The molecular formula is C17H22F3N3O. The second-order valence-electron chi connectivity index (χ2n) is 7.05. The lowest BCUT2D eigenvalue weighted by Gasteiger charge is -2.41. The molecular weight excluding hydrogens is 319 g/mol. The molecule has 24 heavy (non-hydrogen) atoms. The number of amides is 1. The van der Waals surface area contributed by atoms with Crippen molar-refractivity contribution in [2.45, 2.75) is 45.3 Å². The van der Waals surface area contributed by atoms with Crippen molar-refractivity contribution in [1.82, 2.24) is 9.88 Å². The molecule has 0 aromatic carbocycles. The van der Waals surface area contributed by atoms with Gasteiger partial charge in [0.15, 0.2) is 0 Å². The first-order valence-corrected chi connectivity index (χ1v) is 8.32. The molecule has 3 heterocycles. The highest BCUT2D eigenvalue weighted by molar-refractivity contribution is 5.85. The Bertz CT molecular complexity index is 615. The van der Waals surface area contributed by atoms with E-state index in [9.17, 15) is 18.0 Å². The SMILES string of the molecule is CC(C)N1CCCC2(CCN(c3ccc(C(F)(F)F)cn3)C2)C1=O. The summed E-state index contributed by atoms with van der Waals surface area (Å²) in [5.74, 6) is 0.688. The van der Waals surface area contributed by atoms with Gasteiger partial charge in [0.2, 0.25) is 5.91 Å². The third kappa shape index (κ3) is 2.96. The Balaban J connectivity index is 1.76. The number of alkyl halides is 3. The van der Waals surface area contributed by atoms with Gasteiger partial charge < -0.3 is 9.80 Å². The number of pyridine rings is 1. The van der Waals surface area contributed by atoms with E-state index in [1.807, 2.05) is 23.6 Å². The molecule has 1 aromatic heterocycles. The van der Waals surface area contributed by atoms with Crippen molar-refractivity contribution < 1.29 is 18.0 Å². The van der Waals surface area contributed by atoms with Crippen LogP contribution in [0.1, 0.15) is 38.7 Å². The Morgan fingerprint density at radius 1 is 1.21 bits per heavy atom. The minimum atomic E-state index is -4.38. The molecule has 132 valence electrons. The quantitative estimate of drug-likeness (QED) is 0.828. The van der Waals surface area contributed by atoms with Crippen LogP contribution >= 0.6 is 0 Å². The smallest absolute Gasteiger partial charge is 0.356 e. The Morgan fingerprint density at radius 3 is 2.54 bits per heavy atom. The molecule has 1 atom stereocenters. The van der Waals surface area contributed by atoms with Crippen LogP contribution in [-0.2, 0) is 11.0 Å². The number of anilines is 1. The fourth-order valence-corrected chi connectivity index (χ4v) is 3.78. The van der Waals surface area contributed by atoms with Crippen molar-refractivity contribution in [3.63, 3.8) is 0 Å². The van der Waals surface area contributed by atoms with Gasteiger partial charge in [0, 0.05) is 31.9 Å². The van der Waals surface area contributed by atoms with Crippen molar-refractivity contribution in [3.8, 4) is 0 Å². The molecule has 7 heteroatoms. The van der Waals surface area contributed by atoms with Crippen molar-refractivity contribution in [3.05, 3.63) is 23.9 Å². The first kappa shape index (κ1) is 17.0. The van der Waals surface area contributed by atoms with E-state index in [4.69, 9.17) is 0 Å². The Kier molecular flexibility index (Phi) is 4.21. The predicted octanol–water partition coefficient (Wildman–Crippen LogP) is 3.33. The third-order valence-electron chi connectivity index (χ3n) is 5.15. The lowest BCUT2D eigenvalue weighted by atomic mass is 9.78.